The number of hydrazone groups is 1. The molecular formula is C24H20FN5OS. The molecule has 1 N–H and O–H groups in total. The van der Waals surface area contributed by atoms with Gasteiger partial charge in [0.05, 0.1) is 12.0 Å². The highest BCUT2D eigenvalue weighted by Crippen LogP contribution is 2.28. The molecule has 1 aromatic heterocycles. The number of aryl methyl sites for hydroxylation is 1. The number of hydrogen-bond donors (Lipinski definition) is 1. The number of rotatable bonds is 7. The molecule has 6 nitrogen and oxygen atoms in total. The number of carbonyl (C=O) groups is 1. The summed E-state index contributed by atoms with van der Waals surface area (Å²) in [7, 11) is 0. The smallest absolute Gasteiger partial charge is 0.250 e. The summed E-state index contributed by atoms with van der Waals surface area (Å²) in [5, 5.41) is 13.1. The quantitative estimate of drug-likeness (QED) is 0.256. The lowest BCUT2D eigenvalue weighted by Gasteiger charge is -2.10. The van der Waals surface area contributed by atoms with E-state index in [9.17, 15) is 9.18 Å². The number of aromatic nitrogens is 3. The van der Waals surface area contributed by atoms with Crippen molar-refractivity contribution in [2.45, 2.75) is 12.1 Å². The number of carbonyl (C=O) groups excluding carboxylic acids is 1. The second-order valence-corrected chi connectivity index (χ2v) is 7.89. The first-order valence-electron chi connectivity index (χ1n) is 9.89. The van der Waals surface area contributed by atoms with Crippen molar-refractivity contribution in [3.8, 4) is 17.1 Å². The van der Waals surface area contributed by atoms with Gasteiger partial charge in [0.25, 0.3) is 5.91 Å². The summed E-state index contributed by atoms with van der Waals surface area (Å²) in [5.41, 5.74) is 5.69. The minimum atomic E-state index is -0.403. The Kier molecular flexibility index (Phi) is 6.72. The topological polar surface area (TPSA) is 72.2 Å². The van der Waals surface area contributed by atoms with E-state index in [-0.39, 0.29) is 11.7 Å². The van der Waals surface area contributed by atoms with E-state index in [0.717, 1.165) is 16.8 Å². The molecule has 0 aliphatic rings. The summed E-state index contributed by atoms with van der Waals surface area (Å²) in [6.45, 7) is 2.02. The third kappa shape index (κ3) is 5.09. The second-order valence-electron chi connectivity index (χ2n) is 6.95. The van der Waals surface area contributed by atoms with Gasteiger partial charge in [-0.15, -0.1) is 10.2 Å². The highest BCUT2D eigenvalue weighted by molar-refractivity contribution is 7.99. The third-order valence-electron chi connectivity index (χ3n) is 4.59. The van der Waals surface area contributed by atoms with Crippen LogP contribution in [0.1, 0.15) is 11.1 Å². The van der Waals surface area contributed by atoms with Gasteiger partial charge in [-0.1, -0.05) is 78.0 Å². The van der Waals surface area contributed by atoms with E-state index >= 15 is 0 Å². The molecule has 3 aromatic carbocycles. The van der Waals surface area contributed by atoms with E-state index in [1.165, 1.54) is 24.0 Å². The Morgan fingerprint density at radius 2 is 1.75 bits per heavy atom. The first-order valence-corrected chi connectivity index (χ1v) is 10.9. The van der Waals surface area contributed by atoms with Gasteiger partial charge in [-0.05, 0) is 25.1 Å². The lowest BCUT2D eigenvalue weighted by molar-refractivity contribution is -0.118. The molecule has 0 saturated carbocycles. The SMILES string of the molecule is Cc1ccc(-n2c(SCC(=O)N/N=C/c3ccccc3F)nnc2-c2ccccc2)cc1. The van der Waals surface area contributed by atoms with E-state index in [2.05, 4.69) is 20.7 Å². The first kappa shape index (κ1) is 21.5. The van der Waals surface area contributed by atoms with Gasteiger partial charge in [-0.2, -0.15) is 5.10 Å². The van der Waals surface area contributed by atoms with E-state index < -0.39 is 5.82 Å². The number of thioether (sulfide) groups is 1. The molecule has 4 rings (SSSR count). The highest BCUT2D eigenvalue weighted by Gasteiger charge is 2.17. The van der Waals surface area contributed by atoms with E-state index in [1.54, 1.807) is 18.2 Å². The number of benzene rings is 3. The van der Waals surface area contributed by atoms with Gasteiger partial charge in [0.1, 0.15) is 5.82 Å². The maximum atomic E-state index is 13.6. The highest BCUT2D eigenvalue weighted by atomic mass is 32.2. The zero-order valence-electron chi connectivity index (χ0n) is 17.3. The fourth-order valence-corrected chi connectivity index (χ4v) is 3.72. The molecule has 0 fully saturated rings. The fourth-order valence-electron chi connectivity index (χ4n) is 2.98. The Balaban J connectivity index is 1.51. The average molecular weight is 446 g/mol. The molecule has 32 heavy (non-hydrogen) atoms. The number of amides is 1. The Hall–Kier alpha value is -3.78. The molecule has 0 saturated heterocycles. The summed E-state index contributed by atoms with van der Waals surface area (Å²) in [6, 6.07) is 24.0. The average Bonchev–Trinajstić information content (AvgIpc) is 3.24. The maximum Gasteiger partial charge on any atom is 0.250 e. The normalized spacial score (nSPS) is 11.1. The van der Waals surface area contributed by atoms with Crippen LogP contribution < -0.4 is 5.43 Å². The van der Waals surface area contributed by atoms with Gasteiger partial charge in [-0.25, -0.2) is 9.82 Å². The van der Waals surface area contributed by atoms with Crippen LogP contribution in [0.5, 0.6) is 0 Å². The molecule has 0 unspecified atom stereocenters. The summed E-state index contributed by atoms with van der Waals surface area (Å²) in [6.07, 6.45) is 1.28. The molecule has 1 heterocycles. The minimum Gasteiger partial charge on any atom is -0.272 e. The van der Waals surface area contributed by atoms with Crippen LogP contribution >= 0.6 is 11.8 Å². The Bertz CT molecular complexity index is 1240. The van der Waals surface area contributed by atoms with Crippen LogP contribution in [0.2, 0.25) is 0 Å². The van der Waals surface area contributed by atoms with Gasteiger partial charge in [0.2, 0.25) is 0 Å². The fraction of sp³-hybridized carbons (Fsp3) is 0.0833. The predicted octanol–water partition coefficient (Wildman–Crippen LogP) is 4.62. The molecule has 8 heteroatoms. The Labute approximate surface area is 189 Å². The summed E-state index contributed by atoms with van der Waals surface area (Å²) < 4.78 is 15.6. The third-order valence-corrected chi connectivity index (χ3v) is 5.52. The number of nitrogens with zero attached hydrogens (tertiary/aromatic N) is 4. The van der Waals surface area contributed by atoms with Crippen LogP contribution in [0, 0.1) is 12.7 Å². The molecule has 160 valence electrons. The van der Waals surface area contributed by atoms with Crippen molar-refractivity contribution in [1.29, 1.82) is 0 Å². The van der Waals surface area contributed by atoms with Gasteiger partial charge in [0.15, 0.2) is 11.0 Å². The van der Waals surface area contributed by atoms with Crippen LogP contribution in [0.3, 0.4) is 0 Å². The Morgan fingerprint density at radius 3 is 2.50 bits per heavy atom. The summed E-state index contributed by atoms with van der Waals surface area (Å²) in [5.74, 6) is 0.0321. The zero-order chi connectivity index (χ0) is 22.3. The van der Waals surface area contributed by atoms with Crippen molar-refractivity contribution in [1.82, 2.24) is 20.2 Å². The second kappa shape index (κ2) is 10.0. The molecule has 0 atom stereocenters. The van der Waals surface area contributed by atoms with Crippen molar-refractivity contribution in [3.05, 3.63) is 95.8 Å². The van der Waals surface area contributed by atoms with E-state index in [4.69, 9.17) is 0 Å². The molecule has 0 bridgehead atoms. The van der Waals surface area contributed by atoms with Gasteiger partial charge in [0, 0.05) is 16.8 Å². The van der Waals surface area contributed by atoms with Gasteiger partial charge in [-0.3, -0.25) is 9.36 Å². The molecule has 0 spiro atoms. The number of nitrogens with one attached hydrogen (secondary N) is 1. The van der Waals surface area contributed by atoms with Crippen LogP contribution in [0.15, 0.2) is 89.1 Å². The Morgan fingerprint density at radius 1 is 1.03 bits per heavy atom. The van der Waals surface area contributed by atoms with Crippen LogP contribution in [0.25, 0.3) is 17.1 Å². The van der Waals surface area contributed by atoms with Crippen molar-refractivity contribution in [2.24, 2.45) is 5.10 Å². The molecule has 0 aliphatic carbocycles. The van der Waals surface area contributed by atoms with Gasteiger partial charge < -0.3 is 0 Å². The van der Waals surface area contributed by atoms with Crippen molar-refractivity contribution >= 4 is 23.9 Å². The zero-order valence-corrected chi connectivity index (χ0v) is 18.1. The van der Waals surface area contributed by atoms with Crippen molar-refractivity contribution in [2.75, 3.05) is 5.75 Å². The van der Waals surface area contributed by atoms with Crippen LogP contribution in [-0.2, 0) is 4.79 Å². The monoisotopic (exact) mass is 445 g/mol. The number of hydrogen-bond acceptors (Lipinski definition) is 5. The van der Waals surface area contributed by atoms with Crippen molar-refractivity contribution in [3.63, 3.8) is 0 Å². The lowest BCUT2D eigenvalue weighted by Crippen LogP contribution is -2.20. The molecule has 0 radical (unpaired) electrons. The van der Waals surface area contributed by atoms with Crippen molar-refractivity contribution < 1.29 is 9.18 Å². The molecule has 1 amide bonds. The van der Waals surface area contributed by atoms with E-state index in [1.807, 2.05) is 66.1 Å². The first-order chi connectivity index (χ1) is 15.6. The molecule has 4 aromatic rings. The largest absolute Gasteiger partial charge is 0.272 e. The summed E-state index contributed by atoms with van der Waals surface area (Å²) >= 11 is 1.25. The van der Waals surface area contributed by atoms with Crippen LogP contribution in [0.4, 0.5) is 4.39 Å². The minimum absolute atomic E-state index is 0.0768. The maximum absolute atomic E-state index is 13.6. The standard InChI is InChI=1S/C24H20FN5OS/c1-17-11-13-20(14-12-17)30-23(18-7-3-2-4-8-18)28-29-24(30)32-16-22(31)27-26-15-19-9-5-6-10-21(19)25/h2-15H,16H2,1H3,(H,27,31)/b26-15+. The van der Waals surface area contributed by atoms with E-state index in [0.29, 0.717) is 16.5 Å². The number of halogens is 1. The van der Waals surface area contributed by atoms with Gasteiger partial charge >= 0.3 is 0 Å². The molecular weight excluding hydrogens is 425 g/mol. The lowest BCUT2D eigenvalue weighted by atomic mass is 10.2. The molecule has 0 aliphatic heterocycles. The predicted molar refractivity (Wildman–Crippen MR) is 124 cm³/mol. The van der Waals surface area contributed by atoms with Crippen LogP contribution in [-0.4, -0.2) is 32.6 Å². The summed E-state index contributed by atoms with van der Waals surface area (Å²) in [4.78, 5) is 12.3.